The molecule has 0 radical (unpaired) electrons. The predicted molar refractivity (Wildman–Crippen MR) is 139 cm³/mol. The van der Waals surface area contributed by atoms with Gasteiger partial charge >= 0.3 is 0 Å². The number of anilines is 2. The van der Waals surface area contributed by atoms with Crippen LogP contribution in [0.5, 0.6) is 0 Å². The molecule has 4 rings (SSSR count). The molecule has 4 heterocycles. The first-order chi connectivity index (χ1) is 17.3. The number of morpholine rings is 2. The molecule has 2 saturated heterocycles. The van der Waals surface area contributed by atoms with E-state index in [1.165, 1.54) is 11.3 Å². The molecule has 0 unspecified atom stereocenters. The molecular formula is C26H45N5O4. The van der Waals surface area contributed by atoms with Crippen LogP contribution in [0.25, 0.3) is 0 Å². The van der Waals surface area contributed by atoms with E-state index < -0.39 is 0 Å². The third-order valence-electron chi connectivity index (χ3n) is 7.01. The summed E-state index contributed by atoms with van der Waals surface area (Å²) in [7, 11) is 0. The molecule has 0 aliphatic carbocycles. The van der Waals surface area contributed by atoms with Gasteiger partial charge in [0.25, 0.3) is 0 Å². The Hall–Kier alpha value is -1.49. The molecule has 35 heavy (non-hydrogen) atoms. The zero-order valence-corrected chi connectivity index (χ0v) is 21.7. The van der Waals surface area contributed by atoms with Crippen molar-refractivity contribution < 1.29 is 18.9 Å². The molecule has 0 spiro atoms. The summed E-state index contributed by atoms with van der Waals surface area (Å²) in [6.07, 6.45) is 4.13. The third kappa shape index (κ3) is 8.84. The molecule has 0 bridgehead atoms. The molecule has 198 valence electrons. The standard InChI is InChI=1S/C26H45N5O4/c1-24-22-25-26(27-23-24)31(13-21-33-15-3-5-29-10-18-35-19-11-29)7-6-30(25)12-20-32-14-2-4-28-8-16-34-17-9-28/h22-23H,2-21H2,1H3. The normalized spacial score (nSPS) is 19.8. The van der Waals surface area contributed by atoms with Gasteiger partial charge in [-0.15, -0.1) is 0 Å². The van der Waals surface area contributed by atoms with E-state index in [1.807, 2.05) is 6.20 Å². The van der Waals surface area contributed by atoms with Gasteiger partial charge in [0.2, 0.25) is 0 Å². The minimum atomic E-state index is 0.740. The van der Waals surface area contributed by atoms with Crippen LogP contribution in [0.3, 0.4) is 0 Å². The van der Waals surface area contributed by atoms with E-state index in [9.17, 15) is 0 Å². The van der Waals surface area contributed by atoms with E-state index in [0.29, 0.717) is 0 Å². The van der Waals surface area contributed by atoms with E-state index >= 15 is 0 Å². The Morgan fingerprint density at radius 1 is 0.714 bits per heavy atom. The van der Waals surface area contributed by atoms with E-state index in [-0.39, 0.29) is 0 Å². The molecule has 0 aromatic carbocycles. The maximum absolute atomic E-state index is 5.98. The number of aryl methyl sites for hydroxylation is 1. The monoisotopic (exact) mass is 491 g/mol. The minimum absolute atomic E-state index is 0.740. The number of fused-ring (bicyclic) bond motifs is 1. The first-order valence-corrected chi connectivity index (χ1v) is 13.5. The Morgan fingerprint density at radius 2 is 1.26 bits per heavy atom. The largest absolute Gasteiger partial charge is 0.380 e. The lowest BCUT2D eigenvalue weighted by Gasteiger charge is -2.38. The van der Waals surface area contributed by atoms with Crippen molar-refractivity contribution in [3.63, 3.8) is 0 Å². The summed E-state index contributed by atoms with van der Waals surface area (Å²) >= 11 is 0. The molecular weight excluding hydrogens is 446 g/mol. The Kier molecular flexibility index (Phi) is 11.3. The van der Waals surface area contributed by atoms with Crippen molar-refractivity contribution in [3.8, 4) is 0 Å². The fourth-order valence-corrected chi connectivity index (χ4v) is 4.92. The second kappa shape index (κ2) is 14.9. The van der Waals surface area contributed by atoms with Crippen LogP contribution in [-0.2, 0) is 18.9 Å². The number of hydrogen-bond donors (Lipinski definition) is 0. The molecule has 0 saturated carbocycles. The van der Waals surface area contributed by atoms with Gasteiger partial charge in [0, 0.05) is 84.9 Å². The second-order valence-electron chi connectivity index (χ2n) is 9.67. The van der Waals surface area contributed by atoms with Crippen molar-refractivity contribution >= 4 is 11.5 Å². The van der Waals surface area contributed by atoms with Crippen molar-refractivity contribution in [2.75, 3.05) is 128 Å². The number of ether oxygens (including phenoxy) is 4. The van der Waals surface area contributed by atoms with Crippen LogP contribution < -0.4 is 9.80 Å². The topological polar surface area (TPSA) is 62.8 Å². The average molecular weight is 492 g/mol. The maximum atomic E-state index is 5.98. The lowest BCUT2D eigenvalue weighted by Crippen LogP contribution is -2.44. The molecule has 0 amide bonds. The summed E-state index contributed by atoms with van der Waals surface area (Å²) in [5.74, 6) is 1.08. The Balaban J connectivity index is 1.13. The summed E-state index contributed by atoms with van der Waals surface area (Å²) in [4.78, 5) is 14.5. The van der Waals surface area contributed by atoms with E-state index in [4.69, 9.17) is 23.9 Å². The zero-order chi connectivity index (χ0) is 24.1. The predicted octanol–water partition coefficient (Wildman–Crippen LogP) is 1.49. The summed E-state index contributed by atoms with van der Waals surface area (Å²) in [5.41, 5.74) is 2.42. The Bertz CT molecular complexity index is 728. The fourth-order valence-electron chi connectivity index (χ4n) is 4.92. The average Bonchev–Trinajstić information content (AvgIpc) is 2.90. The van der Waals surface area contributed by atoms with Gasteiger partial charge in [-0.05, 0) is 31.4 Å². The Morgan fingerprint density at radius 3 is 1.86 bits per heavy atom. The molecule has 0 atom stereocenters. The summed E-state index contributed by atoms with van der Waals surface area (Å²) in [5, 5.41) is 0. The third-order valence-corrected chi connectivity index (χ3v) is 7.01. The van der Waals surface area contributed by atoms with Crippen LogP contribution in [0, 0.1) is 6.92 Å². The van der Waals surface area contributed by atoms with Gasteiger partial charge in [0.1, 0.15) is 0 Å². The van der Waals surface area contributed by atoms with Gasteiger partial charge in [-0.2, -0.15) is 0 Å². The highest BCUT2D eigenvalue weighted by Gasteiger charge is 2.23. The van der Waals surface area contributed by atoms with Crippen LogP contribution in [0.4, 0.5) is 11.5 Å². The van der Waals surface area contributed by atoms with Crippen LogP contribution in [0.2, 0.25) is 0 Å². The van der Waals surface area contributed by atoms with Gasteiger partial charge in [-0.1, -0.05) is 0 Å². The van der Waals surface area contributed by atoms with Crippen LogP contribution >= 0.6 is 0 Å². The highest BCUT2D eigenvalue weighted by Crippen LogP contribution is 2.31. The SMILES string of the molecule is Cc1cnc2c(c1)N(CCOCCCN1CCOCC1)CCN2CCOCCCN1CCOCC1. The molecule has 0 N–H and O–H groups in total. The van der Waals surface area contributed by atoms with Crippen LogP contribution in [0.15, 0.2) is 12.3 Å². The molecule has 1 aromatic rings. The van der Waals surface area contributed by atoms with Crippen molar-refractivity contribution in [1.29, 1.82) is 0 Å². The van der Waals surface area contributed by atoms with Gasteiger partial charge in [0.15, 0.2) is 5.82 Å². The van der Waals surface area contributed by atoms with Gasteiger partial charge in [-0.25, -0.2) is 4.98 Å². The molecule has 9 heteroatoms. The van der Waals surface area contributed by atoms with Crippen LogP contribution in [-0.4, -0.2) is 133 Å². The highest BCUT2D eigenvalue weighted by molar-refractivity contribution is 5.70. The van der Waals surface area contributed by atoms with Crippen molar-refractivity contribution in [3.05, 3.63) is 17.8 Å². The zero-order valence-electron chi connectivity index (χ0n) is 21.7. The fraction of sp³-hybridized carbons (Fsp3) is 0.808. The van der Waals surface area contributed by atoms with E-state index in [2.05, 4.69) is 32.6 Å². The van der Waals surface area contributed by atoms with E-state index in [0.717, 1.165) is 137 Å². The summed E-state index contributed by atoms with van der Waals surface area (Å²) in [6.45, 7) is 18.8. The smallest absolute Gasteiger partial charge is 0.152 e. The highest BCUT2D eigenvalue weighted by atomic mass is 16.5. The lowest BCUT2D eigenvalue weighted by molar-refractivity contribution is 0.0321. The van der Waals surface area contributed by atoms with Gasteiger partial charge in [0.05, 0.1) is 45.3 Å². The maximum Gasteiger partial charge on any atom is 0.152 e. The van der Waals surface area contributed by atoms with Crippen LogP contribution in [0.1, 0.15) is 18.4 Å². The molecule has 3 aliphatic rings. The Labute approximate surface area is 211 Å². The number of aromatic nitrogens is 1. The minimum Gasteiger partial charge on any atom is -0.380 e. The molecule has 9 nitrogen and oxygen atoms in total. The van der Waals surface area contributed by atoms with Crippen molar-refractivity contribution in [2.24, 2.45) is 0 Å². The summed E-state index contributed by atoms with van der Waals surface area (Å²) < 4.78 is 22.8. The number of rotatable bonds is 14. The van der Waals surface area contributed by atoms with Gasteiger partial charge in [-0.3, -0.25) is 9.80 Å². The van der Waals surface area contributed by atoms with Crippen molar-refractivity contribution in [2.45, 2.75) is 19.8 Å². The first-order valence-electron chi connectivity index (χ1n) is 13.5. The molecule has 3 aliphatic heterocycles. The quantitative estimate of drug-likeness (QED) is 0.360. The van der Waals surface area contributed by atoms with E-state index in [1.54, 1.807) is 0 Å². The van der Waals surface area contributed by atoms with Gasteiger partial charge < -0.3 is 28.7 Å². The second-order valence-corrected chi connectivity index (χ2v) is 9.67. The van der Waals surface area contributed by atoms with Crippen molar-refractivity contribution in [1.82, 2.24) is 14.8 Å². The summed E-state index contributed by atoms with van der Waals surface area (Å²) in [6, 6.07) is 2.26. The number of hydrogen-bond acceptors (Lipinski definition) is 9. The molecule has 2 fully saturated rings. The number of pyridine rings is 1. The molecule has 1 aromatic heterocycles. The first kappa shape index (κ1) is 26.6. The number of nitrogens with zero attached hydrogens (tertiary/aromatic N) is 5. The lowest BCUT2D eigenvalue weighted by atomic mass is 10.2.